The first kappa shape index (κ1) is 13.0. The van der Waals surface area contributed by atoms with Crippen molar-refractivity contribution >= 4 is 26.5 Å². The molecule has 7 nitrogen and oxygen atoms in total. The quantitative estimate of drug-likeness (QED) is 0.818. The molecule has 0 radical (unpaired) electrons. The lowest BCUT2D eigenvalue weighted by atomic mass is 10.6. The fourth-order valence-electron chi connectivity index (χ4n) is 1.45. The summed E-state index contributed by atoms with van der Waals surface area (Å²) in [5, 5.41) is 0.252. The third-order valence-corrected chi connectivity index (χ3v) is 5.29. The first-order valence-electron chi connectivity index (χ1n) is 5.17. The number of imidazole rings is 1. The molecule has 98 valence electrons. The Morgan fingerprint density at radius 2 is 2.33 bits per heavy atom. The summed E-state index contributed by atoms with van der Waals surface area (Å²) in [5.74, 6) is 0. The summed E-state index contributed by atoms with van der Waals surface area (Å²) in [6.07, 6.45) is 5.04. The van der Waals surface area contributed by atoms with Crippen LogP contribution in [0.1, 0.15) is 5.69 Å². The van der Waals surface area contributed by atoms with E-state index in [0.29, 0.717) is 12.2 Å². The van der Waals surface area contributed by atoms with Gasteiger partial charge in [-0.05, 0) is 6.92 Å². The predicted molar refractivity (Wildman–Crippen MR) is 68.7 cm³/mol. The van der Waals surface area contributed by atoms with Crippen molar-refractivity contribution in [2.24, 2.45) is 0 Å². The number of anilines is 1. The lowest BCUT2D eigenvalue weighted by Gasteiger charge is -2.05. The summed E-state index contributed by atoms with van der Waals surface area (Å²) in [4.78, 5) is 7.77. The van der Waals surface area contributed by atoms with Crippen molar-refractivity contribution < 1.29 is 8.42 Å². The van der Waals surface area contributed by atoms with Crippen LogP contribution in [-0.2, 0) is 16.6 Å². The Bertz CT molecular complexity index is 617. The summed E-state index contributed by atoms with van der Waals surface area (Å²) in [7, 11) is -3.53. The maximum absolute atomic E-state index is 12.0. The minimum Gasteiger partial charge on any atom is -0.375 e. The van der Waals surface area contributed by atoms with E-state index in [4.69, 9.17) is 5.73 Å². The molecule has 0 aliphatic heterocycles. The number of hydrogen-bond donors (Lipinski definition) is 2. The van der Waals surface area contributed by atoms with Crippen LogP contribution in [0.25, 0.3) is 0 Å². The number of rotatable bonds is 5. The zero-order valence-electron chi connectivity index (χ0n) is 9.70. The number of nitrogens with two attached hydrogens (primary N) is 1. The molecule has 0 amide bonds. The molecule has 0 atom stereocenters. The number of thiazole rings is 1. The van der Waals surface area contributed by atoms with Gasteiger partial charge in [-0.15, -0.1) is 0 Å². The van der Waals surface area contributed by atoms with Crippen LogP contribution in [0.15, 0.2) is 22.9 Å². The minimum atomic E-state index is -3.53. The van der Waals surface area contributed by atoms with E-state index >= 15 is 0 Å². The third kappa shape index (κ3) is 2.86. The highest BCUT2D eigenvalue weighted by Gasteiger charge is 2.20. The number of nitrogens with zero attached hydrogens (tertiary/aromatic N) is 3. The standard InChI is InChI=1S/C9H13N5O2S2/c1-7-8(17-9(10)13-7)18(15,16)12-3-5-14-4-2-11-6-14/h2,4,6,12H,3,5H2,1H3,(H2,10,13). The molecule has 0 spiro atoms. The van der Waals surface area contributed by atoms with Crippen LogP contribution < -0.4 is 10.5 Å². The molecule has 18 heavy (non-hydrogen) atoms. The maximum Gasteiger partial charge on any atom is 0.252 e. The maximum atomic E-state index is 12.0. The molecule has 9 heteroatoms. The van der Waals surface area contributed by atoms with Crippen LogP contribution in [0, 0.1) is 6.92 Å². The Balaban J connectivity index is 2.02. The monoisotopic (exact) mass is 287 g/mol. The minimum absolute atomic E-state index is 0.172. The molecule has 0 aromatic carbocycles. The van der Waals surface area contributed by atoms with Gasteiger partial charge in [0, 0.05) is 25.5 Å². The van der Waals surface area contributed by atoms with Gasteiger partial charge in [-0.2, -0.15) is 0 Å². The van der Waals surface area contributed by atoms with Crippen molar-refractivity contribution in [2.75, 3.05) is 12.3 Å². The lowest BCUT2D eigenvalue weighted by molar-refractivity contribution is 0.574. The van der Waals surface area contributed by atoms with Crippen molar-refractivity contribution in [3.8, 4) is 0 Å². The summed E-state index contributed by atoms with van der Waals surface area (Å²) >= 11 is 0.966. The van der Waals surface area contributed by atoms with Crippen LogP contribution >= 0.6 is 11.3 Å². The molecule has 0 saturated carbocycles. The molecule has 2 rings (SSSR count). The highest BCUT2D eigenvalue weighted by atomic mass is 32.2. The molecular formula is C9H13N5O2S2. The van der Waals surface area contributed by atoms with E-state index in [2.05, 4.69) is 14.7 Å². The molecule has 0 saturated heterocycles. The number of aromatic nitrogens is 3. The number of nitrogen functional groups attached to an aromatic ring is 1. The van der Waals surface area contributed by atoms with Gasteiger partial charge in [-0.3, -0.25) is 0 Å². The molecule has 0 aliphatic carbocycles. The van der Waals surface area contributed by atoms with Gasteiger partial charge < -0.3 is 10.3 Å². The topological polar surface area (TPSA) is 103 Å². The predicted octanol–water partition coefficient (Wildman–Crippen LogP) is 0.209. The summed E-state index contributed by atoms with van der Waals surface area (Å²) in [6.45, 7) is 2.43. The van der Waals surface area contributed by atoms with Crippen LogP contribution in [-0.4, -0.2) is 29.5 Å². The number of hydrogen-bond acceptors (Lipinski definition) is 6. The molecule has 2 heterocycles. The lowest BCUT2D eigenvalue weighted by Crippen LogP contribution is -2.27. The zero-order chi connectivity index (χ0) is 13.2. The van der Waals surface area contributed by atoms with Crippen LogP contribution in [0.2, 0.25) is 0 Å². The fraction of sp³-hybridized carbons (Fsp3) is 0.333. The normalized spacial score (nSPS) is 11.8. The van der Waals surface area contributed by atoms with Crippen molar-refractivity contribution in [3.05, 3.63) is 24.4 Å². The van der Waals surface area contributed by atoms with E-state index in [1.54, 1.807) is 30.2 Å². The second-order valence-electron chi connectivity index (χ2n) is 3.62. The third-order valence-electron chi connectivity index (χ3n) is 2.24. The Kier molecular flexibility index (Phi) is 3.64. The van der Waals surface area contributed by atoms with Gasteiger partial charge in [0.1, 0.15) is 0 Å². The van der Waals surface area contributed by atoms with Gasteiger partial charge in [0.15, 0.2) is 9.34 Å². The molecular weight excluding hydrogens is 274 g/mol. The van der Waals surface area contributed by atoms with Gasteiger partial charge in [0.05, 0.1) is 12.0 Å². The highest BCUT2D eigenvalue weighted by molar-refractivity contribution is 7.91. The number of sulfonamides is 1. The van der Waals surface area contributed by atoms with Gasteiger partial charge in [-0.1, -0.05) is 11.3 Å². The summed E-state index contributed by atoms with van der Waals surface area (Å²) in [6, 6.07) is 0. The molecule has 2 aromatic rings. The molecule has 3 N–H and O–H groups in total. The Morgan fingerprint density at radius 3 is 2.89 bits per heavy atom. The first-order valence-corrected chi connectivity index (χ1v) is 7.47. The van der Waals surface area contributed by atoms with Crippen molar-refractivity contribution in [1.29, 1.82) is 0 Å². The van der Waals surface area contributed by atoms with E-state index < -0.39 is 10.0 Å². The average molecular weight is 287 g/mol. The second kappa shape index (κ2) is 5.04. The van der Waals surface area contributed by atoms with Gasteiger partial charge in [0.25, 0.3) is 10.0 Å². The smallest absolute Gasteiger partial charge is 0.252 e. The second-order valence-corrected chi connectivity index (χ2v) is 6.62. The van der Waals surface area contributed by atoms with Crippen molar-refractivity contribution in [1.82, 2.24) is 19.3 Å². The molecule has 0 fully saturated rings. The van der Waals surface area contributed by atoms with Crippen LogP contribution in [0.5, 0.6) is 0 Å². The van der Waals surface area contributed by atoms with E-state index in [9.17, 15) is 8.42 Å². The van der Waals surface area contributed by atoms with Gasteiger partial charge in [0.2, 0.25) is 0 Å². The Labute approximate surface area is 109 Å². The Hall–Kier alpha value is -1.45. The van der Waals surface area contributed by atoms with E-state index in [1.807, 2.05) is 0 Å². The van der Waals surface area contributed by atoms with E-state index in [1.165, 1.54) is 0 Å². The van der Waals surface area contributed by atoms with E-state index in [0.717, 1.165) is 11.3 Å². The molecule has 2 aromatic heterocycles. The van der Waals surface area contributed by atoms with Gasteiger partial charge in [-0.25, -0.2) is 23.1 Å². The number of aryl methyl sites for hydroxylation is 1. The zero-order valence-corrected chi connectivity index (χ0v) is 11.3. The van der Waals surface area contributed by atoms with Crippen molar-refractivity contribution in [3.63, 3.8) is 0 Å². The highest BCUT2D eigenvalue weighted by Crippen LogP contribution is 2.24. The molecule has 0 unspecified atom stereocenters. The molecule has 0 aliphatic rings. The van der Waals surface area contributed by atoms with Crippen molar-refractivity contribution in [2.45, 2.75) is 17.7 Å². The first-order chi connectivity index (χ1) is 8.49. The largest absolute Gasteiger partial charge is 0.375 e. The number of nitrogens with one attached hydrogen (secondary N) is 1. The summed E-state index contributed by atoms with van der Waals surface area (Å²) < 4.78 is 28.4. The van der Waals surface area contributed by atoms with Crippen LogP contribution in [0.4, 0.5) is 5.13 Å². The van der Waals surface area contributed by atoms with E-state index in [-0.39, 0.29) is 15.9 Å². The average Bonchev–Trinajstić information content (AvgIpc) is 2.88. The summed E-state index contributed by atoms with van der Waals surface area (Å²) in [5.41, 5.74) is 5.91. The van der Waals surface area contributed by atoms with Gasteiger partial charge >= 0.3 is 0 Å². The fourth-order valence-corrected chi connectivity index (χ4v) is 3.81. The SMILES string of the molecule is Cc1nc(N)sc1S(=O)(=O)NCCn1ccnc1. The Morgan fingerprint density at radius 1 is 1.56 bits per heavy atom. The van der Waals surface area contributed by atoms with Crippen LogP contribution in [0.3, 0.4) is 0 Å². The molecule has 0 bridgehead atoms.